The van der Waals surface area contributed by atoms with Gasteiger partial charge in [0.25, 0.3) is 0 Å². The summed E-state index contributed by atoms with van der Waals surface area (Å²) in [7, 11) is 0. The number of anilines is 1. The summed E-state index contributed by atoms with van der Waals surface area (Å²) in [4.78, 5) is 0. The van der Waals surface area contributed by atoms with Gasteiger partial charge in [0.05, 0.1) is 0 Å². The van der Waals surface area contributed by atoms with Crippen molar-refractivity contribution in [2.45, 2.75) is 6.04 Å². The van der Waals surface area contributed by atoms with Crippen molar-refractivity contribution in [3.8, 4) is 11.5 Å². The van der Waals surface area contributed by atoms with Crippen molar-refractivity contribution >= 4 is 5.69 Å². The fourth-order valence-electron chi connectivity index (χ4n) is 2.73. The molecule has 1 aromatic heterocycles. The molecule has 5 heteroatoms. The molecule has 3 aromatic carbocycles. The average Bonchev–Trinajstić information content (AvgIpc) is 3.18. The molecular weight excluding hydrogens is 329 g/mol. The standard InChI is InChI=1S/C21H16FN3O/c22-18-14-8-7-13-17(18)19(23-16-11-5-2-6-12-16)21-25-24-20(26-21)15-9-3-1-4-10-15/h1-14,19,23H/t19-/m1/s1. The highest BCUT2D eigenvalue weighted by molar-refractivity contribution is 5.52. The molecule has 26 heavy (non-hydrogen) atoms. The molecular formula is C21H16FN3O. The smallest absolute Gasteiger partial charge is 0.247 e. The Bertz CT molecular complexity index is 986. The van der Waals surface area contributed by atoms with Gasteiger partial charge in [0, 0.05) is 16.8 Å². The molecule has 4 nitrogen and oxygen atoms in total. The van der Waals surface area contributed by atoms with E-state index in [0.717, 1.165) is 11.3 Å². The van der Waals surface area contributed by atoms with Crippen molar-refractivity contribution in [3.63, 3.8) is 0 Å². The first kappa shape index (κ1) is 16.0. The molecule has 0 aliphatic heterocycles. The molecule has 0 unspecified atom stereocenters. The molecule has 0 aliphatic carbocycles. The lowest BCUT2D eigenvalue weighted by molar-refractivity contribution is 0.485. The van der Waals surface area contributed by atoms with E-state index in [2.05, 4.69) is 15.5 Å². The van der Waals surface area contributed by atoms with Gasteiger partial charge in [0.1, 0.15) is 11.9 Å². The van der Waals surface area contributed by atoms with E-state index >= 15 is 0 Å². The van der Waals surface area contributed by atoms with Crippen LogP contribution in [0.5, 0.6) is 0 Å². The second-order valence-electron chi connectivity index (χ2n) is 5.78. The summed E-state index contributed by atoms with van der Waals surface area (Å²) in [5.41, 5.74) is 2.10. The fourth-order valence-corrected chi connectivity index (χ4v) is 2.73. The van der Waals surface area contributed by atoms with Crippen LogP contribution in [-0.2, 0) is 0 Å². The number of nitrogens with zero attached hydrogens (tertiary/aromatic N) is 2. The zero-order chi connectivity index (χ0) is 17.8. The quantitative estimate of drug-likeness (QED) is 0.548. The largest absolute Gasteiger partial charge is 0.418 e. The maximum Gasteiger partial charge on any atom is 0.247 e. The number of para-hydroxylation sites is 1. The van der Waals surface area contributed by atoms with Crippen molar-refractivity contribution < 1.29 is 8.81 Å². The molecule has 0 saturated carbocycles. The molecule has 1 atom stereocenters. The summed E-state index contributed by atoms with van der Waals surface area (Å²) in [5.74, 6) is 0.370. The van der Waals surface area contributed by atoms with Gasteiger partial charge in [-0.1, -0.05) is 54.6 Å². The third-order valence-electron chi connectivity index (χ3n) is 4.01. The van der Waals surface area contributed by atoms with Crippen molar-refractivity contribution in [2.75, 3.05) is 5.32 Å². The van der Waals surface area contributed by atoms with E-state index in [9.17, 15) is 4.39 Å². The third kappa shape index (κ3) is 3.32. The van der Waals surface area contributed by atoms with Crippen molar-refractivity contribution in [1.29, 1.82) is 0 Å². The molecule has 0 spiro atoms. The normalized spacial score (nSPS) is 11.9. The molecule has 0 bridgehead atoms. The van der Waals surface area contributed by atoms with Crippen LogP contribution in [0.15, 0.2) is 89.3 Å². The molecule has 0 saturated heterocycles. The number of rotatable bonds is 5. The molecule has 4 aromatic rings. The molecule has 0 radical (unpaired) electrons. The zero-order valence-corrected chi connectivity index (χ0v) is 13.8. The Morgan fingerprint density at radius 1 is 0.769 bits per heavy atom. The summed E-state index contributed by atoms with van der Waals surface area (Å²) in [6, 6.07) is 25.0. The van der Waals surface area contributed by atoms with E-state index < -0.39 is 6.04 Å². The van der Waals surface area contributed by atoms with Gasteiger partial charge in [-0.2, -0.15) is 0 Å². The first-order chi connectivity index (χ1) is 12.8. The SMILES string of the molecule is Fc1ccccc1[C@@H](Nc1ccccc1)c1nnc(-c2ccccc2)o1. The van der Waals surface area contributed by atoms with Crippen LogP contribution in [-0.4, -0.2) is 10.2 Å². The Labute approximate surface area is 150 Å². The van der Waals surface area contributed by atoms with Crippen LogP contribution in [0.2, 0.25) is 0 Å². The van der Waals surface area contributed by atoms with Crippen molar-refractivity contribution in [2.24, 2.45) is 0 Å². The van der Waals surface area contributed by atoms with Crippen LogP contribution in [0, 0.1) is 5.82 Å². The highest BCUT2D eigenvalue weighted by atomic mass is 19.1. The van der Waals surface area contributed by atoms with E-state index in [1.54, 1.807) is 18.2 Å². The highest BCUT2D eigenvalue weighted by Crippen LogP contribution is 2.29. The molecule has 1 heterocycles. The Hall–Kier alpha value is -3.47. The maximum atomic E-state index is 14.4. The monoisotopic (exact) mass is 345 g/mol. The van der Waals surface area contributed by atoms with Gasteiger partial charge in [0.2, 0.25) is 11.8 Å². The summed E-state index contributed by atoms with van der Waals surface area (Å²) in [5, 5.41) is 11.6. The first-order valence-electron chi connectivity index (χ1n) is 8.26. The average molecular weight is 345 g/mol. The lowest BCUT2D eigenvalue weighted by Gasteiger charge is -2.17. The number of benzene rings is 3. The summed E-state index contributed by atoms with van der Waals surface area (Å²) >= 11 is 0. The Morgan fingerprint density at radius 3 is 2.15 bits per heavy atom. The van der Waals surface area contributed by atoms with Crippen LogP contribution in [0.4, 0.5) is 10.1 Å². The van der Waals surface area contributed by atoms with Gasteiger partial charge in [0.15, 0.2) is 0 Å². The number of halogens is 1. The molecule has 1 N–H and O–H groups in total. The Balaban J connectivity index is 1.74. The molecule has 128 valence electrons. The van der Waals surface area contributed by atoms with E-state index in [1.807, 2.05) is 60.7 Å². The summed E-state index contributed by atoms with van der Waals surface area (Å²) in [6.07, 6.45) is 0. The number of aromatic nitrogens is 2. The lowest BCUT2D eigenvalue weighted by Crippen LogP contribution is -2.14. The van der Waals surface area contributed by atoms with Gasteiger partial charge < -0.3 is 9.73 Å². The second-order valence-corrected chi connectivity index (χ2v) is 5.78. The second kappa shape index (κ2) is 7.19. The van der Waals surface area contributed by atoms with Gasteiger partial charge in [-0.3, -0.25) is 0 Å². The van der Waals surface area contributed by atoms with Crippen molar-refractivity contribution in [3.05, 3.63) is 102 Å². The van der Waals surface area contributed by atoms with Crippen LogP contribution in [0.25, 0.3) is 11.5 Å². The van der Waals surface area contributed by atoms with E-state index in [1.165, 1.54) is 6.07 Å². The van der Waals surface area contributed by atoms with Gasteiger partial charge in [-0.05, 0) is 30.3 Å². The number of nitrogens with one attached hydrogen (secondary N) is 1. The van der Waals surface area contributed by atoms with E-state index in [0.29, 0.717) is 17.3 Å². The predicted molar refractivity (Wildman–Crippen MR) is 98.0 cm³/mol. The lowest BCUT2D eigenvalue weighted by atomic mass is 10.1. The van der Waals surface area contributed by atoms with Gasteiger partial charge >= 0.3 is 0 Å². The molecule has 0 fully saturated rings. The van der Waals surface area contributed by atoms with Gasteiger partial charge in [-0.25, -0.2) is 4.39 Å². The molecule has 4 rings (SSSR count). The number of hydrogen-bond donors (Lipinski definition) is 1. The minimum absolute atomic E-state index is 0.304. The van der Waals surface area contributed by atoms with E-state index in [-0.39, 0.29) is 5.82 Å². The third-order valence-corrected chi connectivity index (χ3v) is 4.01. The van der Waals surface area contributed by atoms with Crippen molar-refractivity contribution in [1.82, 2.24) is 10.2 Å². The maximum absolute atomic E-state index is 14.4. The van der Waals surface area contributed by atoms with Crippen LogP contribution >= 0.6 is 0 Å². The molecule has 0 aliphatic rings. The predicted octanol–water partition coefficient (Wildman–Crippen LogP) is 5.08. The van der Waals surface area contributed by atoms with E-state index in [4.69, 9.17) is 4.42 Å². The highest BCUT2D eigenvalue weighted by Gasteiger charge is 2.24. The van der Waals surface area contributed by atoms with Crippen LogP contribution in [0.3, 0.4) is 0 Å². The van der Waals surface area contributed by atoms with Crippen LogP contribution in [0.1, 0.15) is 17.5 Å². The topological polar surface area (TPSA) is 51.0 Å². The fraction of sp³-hybridized carbons (Fsp3) is 0.0476. The van der Waals surface area contributed by atoms with Crippen LogP contribution < -0.4 is 5.32 Å². The first-order valence-corrected chi connectivity index (χ1v) is 8.26. The Morgan fingerprint density at radius 2 is 1.42 bits per heavy atom. The summed E-state index contributed by atoms with van der Waals surface area (Å²) < 4.78 is 20.3. The number of hydrogen-bond acceptors (Lipinski definition) is 4. The Kier molecular flexibility index (Phi) is 4.43. The minimum Gasteiger partial charge on any atom is -0.418 e. The summed E-state index contributed by atoms with van der Waals surface area (Å²) in [6.45, 7) is 0. The molecule has 0 amide bonds. The minimum atomic E-state index is -0.594. The van der Waals surface area contributed by atoms with Gasteiger partial charge in [-0.15, -0.1) is 10.2 Å². The zero-order valence-electron chi connectivity index (χ0n) is 13.8.